The van der Waals surface area contributed by atoms with Crippen LogP contribution in [0.15, 0.2) is 42.5 Å². The normalized spacial score (nSPS) is 10.8. The standard InChI is InChI=1S/C22H20F2N2O3/c1-12-19(15-5-7-16(8-6-15)22(28)29-3)20(21(25)27)13(2)26(12)11-14-4-9-17(23)18(24)10-14/h4-10H,11H2,1-3H3,(H2,25,27). The van der Waals surface area contributed by atoms with Gasteiger partial charge in [0.05, 0.1) is 18.2 Å². The molecule has 0 aliphatic heterocycles. The highest BCUT2D eigenvalue weighted by Gasteiger charge is 2.23. The largest absolute Gasteiger partial charge is 0.465 e. The number of benzene rings is 2. The maximum atomic E-state index is 13.6. The lowest BCUT2D eigenvalue weighted by Crippen LogP contribution is -2.13. The SMILES string of the molecule is COC(=O)c1ccc(-c2c(C(N)=O)c(C)n(Cc3ccc(F)c(F)c3)c2C)cc1. The number of esters is 1. The molecule has 0 aliphatic carbocycles. The predicted octanol–water partition coefficient (Wildman–Crippen LogP) is 3.98. The van der Waals surface area contributed by atoms with Crippen LogP contribution in [0.4, 0.5) is 8.78 Å². The van der Waals surface area contributed by atoms with Gasteiger partial charge < -0.3 is 15.0 Å². The minimum Gasteiger partial charge on any atom is -0.465 e. The molecule has 2 aromatic carbocycles. The second-order valence-electron chi connectivity index (χ2n) is 6.69. The summed E-state index contributed by atoms with van der Waals surface area (Å²) in [5, 5.41) is 0. The molecule has 5 nitrogen and oxygen atoms in total. The summed E-state index contributed by atoms with van der Waals surface area (Å²) in [7, 11) is 1.30. The molecule has 0 atom stereocenters. The predicted molar refractivity (Wildman–Crippen MR) is 105 cm³/mol. The number of carbonyl (C=O) groups excluding carboxylic acids is 2. The number of aromatic nitrogens is 1. The van der Waals surface area contributed by atoms with Crippen molar-refractivity contribution in [2.45, 2.75) is 20.4 Å². The highest BCUT2D eigenvalue weighted by atomic mass is 19.2. The van der Waals surface area contributed by atoms with Crippen LogP contribution in [0.2, 0.25) is 0 Å². The summed E-state index contributed by atoms with van der Waals surface area (Å²) >= 11 is 0. The first kappa shape index (κ1) is 20.3. The molecule has 0 saturated heterocycles. The van der Waals surface area contributed by atoms with Crippen molar-refractivity contribution in [3.8, 4) is 11.1 Å². The van der Waals surface area contributed by atoms with Crippen molar-refractivity contribution >= 4 is 11.9 Å². The van der Waals surface area contributed by atoms with E-state index in [9.17, 15) is 18.4 Å². The van der Waals surface area contributed by atoms with Gasteiger partial charge in [0.2, 0.25) is 0 Å². The van der Waals surface area contributed by atoms with E-state index in [0.29, 0.717) is 33.5 Å². The average Bonchev–Trinajstić information content (AvgIpc) is 2.95. The van der Waals surface area contributed by atoms with E-state index in [4.69, 9.17) is 10.5 Å². The van der Waals surface area contributed by atoms with Crippen molar-refractivity contribution in [1.82, 2.24) is 4.57 Å². The summed E-state index contributed by atoms with van der Waals surface area (Å²) in [6.07, 6.45) is 0. The van der Waals surface area contributed by atoms with Gasteiger partial charge >= 0.3 is 5.97 Å². The molecule has 29 heavy (non-hydrogen) atoms. The summed E-state index contributed by atoms with van der Waals surface area (Å²) in [6, 6.07) is 10.3. The van der Waals surface area contributed by atoms with Gasteiger partial charge in [-0.1, -0.05) is 18.2 Å². The Bertz CT molecular complexity index is 1100. The van der Waals surface area contributed by atoms with Gasteiger partial charge in [-0.2, -0.15) is 0 Å². The lowest BCUT2D eigenvalue weighted by Gasteiger charge is -2.10. The van der Waals surface area contributed by atoms with Gasteiger partial charge in [-0.3, -0.25) is 4.79 Å². The fourth-order valence-electron chi connectivity index (χ4n) is 3.49. The van der Waals surface area contributed by atoms with Gasteiger partial charge in [-0.05, 0) is 49.2 Å². The smallest absolute Gasteiger partial charge is 0.337 e. The van der Waals surface area contributed by atoms with Crippen molar-refractivity contribution in [2.24, 2.45) is 5.73 Å². The Kier molecular flexibility index (Phi) is 5.50. The molecule has 0 unspecified atom stereocenters. The first-order chi connectivity index (χ1) is 13.7. The van der Waals surface area contributed by atoms with Crippen LogP contribution in [0.1, 0.15) is 37.7 Å². The van der Waals surface area contributed by atoms with Crippen molar-refractivity contribution in [2.75, 3.05) is 7.11 Å². The topological polar surface area (TPSA) is 74.3 Å². The van der Waals surface area contributed by atoms with Gasteiger partial charge in [-0.25, -0.2) is 13.6 Å². The fraction of sp³-hybridized carbons (Fsp3) is 0.182. The molecule has 0 spiro atoms. The highest BCUT2D eigenvalue weighted by molar-refractivity contribution is 6.02. The van der Waals surface area contributed by atoms with Crippen LogP contribution in [0.3, 0.4) is 0 Å². The van der Waals surface area contributed by atoms with E-state index in [1.807, 2.05) is 11.5 Å². The number of halogens is 2. The molecule has 7 heteroatoms. The van der Waals surface area contributed by atoms with Crippen LogP contribution in [0.5, 0.6) is 0 Å². The van der Waals surface area contributed by atoms with Gasteiger partial charge in [-0.15, -0.1) is 0 Å². The average molecular weight is 398 g/mol. The van der Waals surface area contributed by atoms with Crippen LogP contribution in [-0.2, 0) is 11.3 Å². The second kappa shape index (κ2) is 7.87. The van der Waals surface area contributed by atoms with E-state index in [-0.39, 0.29) is 6.54 Å². The minimum absolute atomic E-state index is 0.245. The first-order valence-corrected chi connectivity index (χ1v) is 8.86. The Morgan fingerprint density at radius 2 is 1.66 bits per heavy atom. The van der Waals surface area contributed by atoms with E-state index in [0.717, 1.165) is 17.8 Å². The number of methoxy groups -OCH3 is 1. The molecule has 0 bridgehead atoms. The van der Waals surface area contributed by atoms with E-state index in [1.54, 1.807) is 31.2 Å². The molecular formula is C22H20F2N2O3. The maximum Gasteiger partial charge on any atom is 0.337 e. The molecule has 1 amide bonds. The summed E-state index contributed by atoms with van der Waals surface area (Å²) in [5.41, 5.74) is 9.61. The molecule has 150 valence electrons. The number of amides is 1. The van der Waals surface area contributed by atoms with E-state index in [2.05, 4.69) is 0 Å². The summed E-state index contributed by atoms with van der Waals surface area (Å²) in [4.78, 5) is 23.8. The number of ether oxygens (including phenoxy) is 1. The summed E-state index contributed by atoms with van der Waals surface area (Å²) < 4.78 is 33.4. The van der Waals surface area contributed by atoms with Gasteiger partial charge in [0.25, 0.3) is 5.91 Å². The zero-order chi connectivity index (χ0) is 21.3. The Labute approximate surface area is 166 Å². The number of nitrogens with two attached hydrogens (primary N) is 1. The third kappa shape index (κ3) is 3.76. The quantitative estimate of drug-likeness (QED) is 0.661. The molecule has 1 heterocycles. The molecule has 0 aliphatic rings. The Morgan fingerprint density at radius 3 is 2.21 bits per heavy atom. The highest BCUT2D eigenvalue weighted by Crippen LogP contribution is 2.33. The van der Waals surface area contributed by atoms with Crippen LogP contribution >= 0.6 is 0 Å². The number of hydrogen-bond acceptors (Lipinski definition) is 3. The lowest BCUT2D eigenvalue weighted by molar-refractivity contribution is 0.0600. The molecule has 0 fully saturated rings. The van der Waals surface area contributed by atoms with E-state index in [1.165, 1.54) is 13.2 Å². The van der Waals surface area contributed by atoms with Crippen LogP contribution in [0, 0.1) is 25.5 Å². The van der Waals surface area contributed by atoms with Crippen molar-refractivity contribution in [3.63, 3.8) is 0 Å². The monoisotopic (exact) mass is 398 g/mol. The molecule has 3 aromatic rings. The third-order valence-electron chi connectivity index (χ3n) is 4.95. The van der Waals surface area contributed by atoms with Crippen LogP contribution in [0.25, 0.3) is 11.1 Å². The fourth-order valence-corrected chi connectivity index (χ4v) is 3.49. The van der Waals surface area contributed by atoms with Crippen molar-refractivity contribution < 1.29 is 23.1 Å². The zero-order valence-corrected chi connectivity index (χ0v) is 16.3. The van der Waals surface area contributed by atoms with Gasteiger partial charge in [0.1, 0.15) is 0 Å². The zero-order valence-electron chi connectivity index (χ0n) is 16.3. The molecule has 1 aromatic heterocycles. The third-order valence-corrected chi connectivity index (χ3v) is 4.95. The van der Waals surface area contributed by atoms with Crippen LogP contribution < -0.4 is 5.73 Å². The van der Waals surface area contributed by atoms with E-state index < -0.39 is 23.5 Å². The number of rotatable bonds is 5. The molecule has 3 rings (SSSR count). The lowest BCUT2D eigenvalue weighted by atomic mass is 9.99. The Morgan fingerprint density at radius 1 is 1.00 bits per heavy atom. The van der Waals surface area contributed by atoms with Crippen molar-refractivity contribution in [3.05, 3.63) is 82.2 Å². The number of primary amides is 1. The summed E-state index contributed by atoms with van der Waals surface area (Å²) in [6.45, 7) is 3.82. The number of hydrogen-bond donors (Lipinski definition) is 1. The number of nitrogens with zero attached hydrogens (tertiary/aromatic N) is 1. The maximum absolute atomic E-state index is 13.6. The molecule has 0 radical (unpaired) electrons. The first-order valence-electron chi connectivity index (χ1n) is 8.86. The van der Waals surface area contributed by atoms with Crippen LogP contribution in [-0.4, -0.2) is 23.6 Å². The Balaban J connectivity index is 2.10. The Hall–Kier alpha value is -3.48. The summed E-state index contributed by atoms with van der Waals surface area (Å²) in [5.74, 6) is -2.91. The van der Waals surface area contributed by atoms with Gasteiger partial charge in [0.15, 0.2) is 11.6 Å². The van der Waals surface area contributed by atoms with Gasteiger partial charge in [0, 0.05) is 23.5 Å². The molecular weight excluding hydrogens is 378 g/mol. The minimum atomic E-state index is -0.932. The van der Waals surface area contributed by atoms with Crippen molar-refractivity contribution in [1.29, 1.82) is 0 Å². The molecule has 0 saturated carbocycles. The second-order valence-corrected chi connectivity index (χ2v) is 6.69. The van der Waals surface area contributed by atoms with E-state index >= 15 is 0 Å². The molecule has 2 N–H and O–H groups in total. The number of carbonyl (C=O) groups is 2.